The first kappa shape index (κ1) is 23.9. The Morgan fingerprint density at radius 3 is 2.53 bits per heavy atom. The van der Waals surface area contributed by atoms with Gasteiger partial charge in [0.1, 0.15) is 0 Å². The molecule has 0 saturated carbocycles. The second-order valence-corrected chi connectivity index (χ2v) is 10.4. The van der Waals surface area contributed by atoms with E-state index in [1.165, 1.54) is 52.8 Å². The standard InChI is InChI=1S/C24H20N4O3S3/c1-31-22(30)18-11-9-16(10-12-18)13-25-26-21(29)15-33-24-28-27-23(34-24)32-14-19-7-4-6-17-5-2-3-8-20(17)19/h2-13H,14-15H2,1H3,(H,26,29). The van der Waals surface area contributed by atoms with E-state index in [1.807, 2.05) is 12.1 Å². The van der Waals surface area contributed by atoms with Gasteiger partial charge in [-0.3, -0.25) is 4.79 Å². The molecular weight excluding hydrogens is 488 g/mol. The Morgan fingerprint density at radius 1 is 1.00 bits per heavy atom. The van der Waals surface area contributed by atoms with Gasteiger partial charge in [-0.15, -0.1) is 10.2 Å². The summed E-state index contributed by atoms with van der Waals surface area (Å²) in [6, 6.07) is 21.3. The lowest BCUT2D eigenvalue weighted by atomic mass is 10.1. The van der Waals surface area contributed by atoms with Crippen LogP contribution in [0.4, 0.5) is 0 Å². The average molecular weight is 509 g/mol. The van der Waals surface area contributed by atoms with Crippen molar-refractivity contribution in [2.75, 3.05) is 12.9 Å². The number of esters is 1. The monoisotopic (exact) mass is 508 g/mol. The number of hydrogen-bond donors (Lipinski definition) is 1. The minimum absolute atomic E-state index is 0.182. The van der Waals surface area contributed by atoms with Gasteiger partial charge in [-0.25, -0.2) is 10.2 Å². The summed E-state index contributed by atoms with van der Waals surface area (Å²) in [7, 11) is 1.33. The fourth-order valence-corrected chi connectivity index (χ4v) is 5.85. The van der Waals surface area contributed by atoms with Gasteiger partial charge in [0.2, 0.25) is 0 Å². The highest BCUT2D eigenvalue weighted by molar-refractivity contribution is 8.03. The predicted octanol–water partition coefficient (Wildman–Crippen LogP) is 5.01. The Hall–Kier alpha value is -3.21. The maximum absolute atomic E-state index is 12.1. The average Bonchev–Trinajstić information content (AvgIpc) is 3.34. The molecule has 0 spiro atoms. The third-order valence-electron chi connectivity index (χ3n) is 4.68. The Labute approximate surface area is 209 Å². The SMILES string of the molecule is COC(=O)c1ccc(C=NNC(=O)CSc2nnc(SCc3cccc4ccccc34)s2)cc1. The largest absolute Gasteiger partial charge is 0.465 e. The highest BCUT2D eigenvalue weighted by atomic mass is 32.2. The first-order valence-corrected chi connectivity index (χ1v) is 13.0. The van der Waals surface area contributed by atoms with Crippen LogP contribution in [-0.2, 0) is 15.3 Å². The third-order valence-corrected chi connectivity index (χ3v) is 7.92. The zero-order valence-electron chi connectivity index (χ0n) is 18.1. The molecule has 0 radical (unpaired) electrons. The summed E-state index contributed by atoms with van der Waals surface area (Å²) in [5, 5.41) is 14.8. The molecule has 10 heteroatoms. The molecule has 3 aromatic carbocycles. The van der Waals surface area contributed by atoms with E-state index in [1.54, 1.807) is 36.0 Å². The number of hydrogen-bond acceptors (Lipinski definition) is 9. The maximum Gasteiger partial charge on any atom is 0.337 e. The van der Waals surface area contributed by atoms with E-state index in [-0.39, 0.29) is 11.7 Å². The van der Waals surface area contributed by atoms with Crippen LogP contribution in [0.5, 0.6) is 0 Å². The van der Waals surface area contributed by atoms with Crippen LogP contribution in [0.2, 0.25) is 0 Å². The fraction of sp³-hybridized carbons (Fsp3) is 0.125. The molecular formula is C24H20N4O3S3. The number of thioether (sulfide) groups is 2. The van der Waals surface area contributed by atoms with Gasteiger partial charge in [-0.1, -0.05) is 89.5 Å². The molecule has 0 fully saturated rings. The first-order chi connectivity index (χ1) is 16.6. The fourth-order valence-electron chi connectivity index (χ4n) is 3.03. The molecule has 7 nitrogen and oxygen atoms in total. The predicted molar refractivity (Wildman–Crippen MR) is 138 cm³/mol. The van der Waals surface area contributed by atoms with Crippen LogP contribution < -0.4 is 5.43 Å². The number of benzene rings is 3. The summed E-state index contributed by atoms with van der Waals surface area (Å²) in [4.78, 5) is 23.5. The van der Waals surface area contributed by atoms with Crippen LogP contribution in [0.25, 0.3) is 10.8 Å². The van der Waals surface area contributed by atoms with Crippen molar-refractivity contribution in [1.29, 1.82) is 0 Å². The van der Waals surface area contributed by atoms with E-state index in [4.69, 9.17) is 0 Å². The lowest BCUT2D eigenvalue weighted by Crippen LogP contribution is -2.19. The van der Waals surface area contributed by atoms with Gasteiger partial charge in [0.05, 0.1) is 24.6 Å². The van der Waals surface area contributed by atoms with E-state index in [0.717, 1.165) is 20.0 Å². The minimum atomic E-state index is -0.402. The molecule has 34 heavy (non-hydrogen) atoms. The molecule has 0 saturated heterocycles. The number of hydrazone groups is 1. The van der Waals surface area contributed by atoms with E-state index in [2.05, 4.69) is 55.8 Å². The number of fused-ring (bicyclic) bond motifs is 1. The van der Waals surface area contributed by atoms with Crippen molar-refractivity contribution in [2.24, 2.45) is 5.10 Å². The van der Waals surface area contributed by atoms with Crippen LogP contribution in [0, 0.1) is 0 Å². The number of aromatic nitrogens is 2. The summed E-state index contributed by atoms with van der Waals surface area (Å²) in [6.45, 7) is 0. The van der Waals surface area contributed by atoms with Crippen molar-refractivity contribution in [3.05, 3.63) is 83.4 Å². The number of amides is 1. The van der Waals surface area contributed by atoms with Gasteiger partial charge in [0.25, 0.3) is 5.91 Å². The van der Waals surface area contributed by atoms with Crippen molar-refractivity contribution in [3.8, 4) is 0 Å². The van der Waals surface area contributed by atoms with Crippen LogP contribution >= 0.6 is 34.9 Å². The van der Waals surface area contributed by atoms with Crippen molar-refractivity contribution in [3.63, 3.8) is 0 Å². The lowest BCUT2D eigenvalue weighted by molar-refractivity contribution is -0.118. The number of methoxy groups -OCH3 is 1. The molecule has 4 rings (SSSR count). The Balaban J connectivity index is 1.23. The van der Waals surface area contributed by atoms with Crippen LogP contribution in [-0.4, -0.2) is 41.2 Å². The number of nitrogens with zero attached hydrogens (tertiary/aromatic N) is 3. The van der Waals surface area contributed by atoms with Crippen molar-refractivity contribution in [2.45, 2.75) is 14.4 Å². The Kier molecular flexibility index (Phi) is 8.29. The van der Waals surface area contributed by atoms with Crippen LogP contribution in [0.1, 0.15) is 21.5 Å². The summed E-state index contributed by atoms with van der Waals surface area (Å²) in [5.41, 5.74) is 4.94. The molecule has 1 amide bonds. The van der Waals surface area contributed by atoms with Crippen LogP contribution in [0.3, 0.4) is 0 Å². The smallest absolute Gasteiger partial charge is 0.337 e. The normalized spacial score (nSPS) is 11.1. The first-order valence-electron chi connectivity index (χ1n) is 10.2. The Bertz CT molecular complexity index is 1320. The van der Waals surface area contributed by atoms with Gasteiger partial charge < -0.3 is 4.74 Å². The van der Waals surface area contributed by atoms with Crippen molar-refractivity contribution < 1.29 is 14.3 Å². The lowest BCUT2D eigenvalue weighted by Gasteiger charge is -2.04. The molecule has 0 unspecified atom stereocenters. The van der Waals surface area contributed by atoms with Gasteiger partial charge >= 0.3 is 5.97 Å². The van der Waals surface area contributed by atoms with E-state index in [0.29, 0.717) is 5.56 Å². The molecule has 0 bridgehead atoms. The third kappa shape index (κ3) is 6.43. The topological polar surface area (TPSA) is 93.5 Å². The Morgan fingerprint density at radius 2 is 1.74 bits per heavy atom. The van der Waals surface area contributed by atoms with E-state index < -0.39 is 5.97 Å². The summed E-state index contributed by atoms with van der Waals surface area (Å²) >= 11 is 4.43. The number of rotatable bonds is 9. The van der Waals surface area contributed by atoms with Gasteiger partial charge in [0.15, 0.2) is 8.68 Å². The number of carbonyl (C=O) groups is 2. The molecule has 0 aliphatic rings. The molecule has 0 atom stereocenters. The molecule has 1 heterocycles. The number of ether oxygens (including phenoxy) is 1. The number of nitrogens with one attached hydrogen (secondary N) is 1. The molecule has 172 valence electrons. The second kappa shape index (κ2) is 11.8. The quantitative estimate of drug-likeness (QED) is 0.147. The maximum atomic E-state index is 12.1. The zero-order chi connectivity index (χ0) is 23.8. The molecule has 0 aliphatic carbocycles. The molecule has 4 aromatic rings. The molecule has 1 aromatic heterocycles. The summed E-state index contributed by atoms with van der Waals surface area (Å²) in [5.74, 6) is 0.339. The second-order valence-electron chi connectivity index (χ2n) is 6.96. The van der Waals surface area contributed by atoms with Gasteiger partial charge in [0, 0.05) is 5.75 Å². The summed E-state index contributed by atoms with van der Waals surface area (Å²) < 4.78 is 6.26. The van der Waals surface area contributed by atoms with Gasteiger partial charge in [-0.2, -0.15) is 5.10 Å². The van der Waals surface area contributed by atoms with E-state index in [9.17, 15) is 9.59 Å². The van der Waals surface area contributed by atoms with E-state index >= 15 is 0 Å². The minimum Gasteiger partial charge on any atom is -0.465 e. The highest BCUT2D eigenvalue weighted by Crippen LogP contribution is 2.32. The highest BCUT2D eigenvalue weighted by Gasteiger charge is 2.10. The number of carbonyl (C=O) groups excluding carboxylic acids is 2. The molecule has 1 N–H and O–H groups in total. The summed E-state index contributed by atoms with van der Waals surface area (Å²) in [6.07, 6.45) is 1.51. The van der Waals surface area contributed by atoms with Crippen LogP contribution in [0.15, 0.2) is 80.5 Å². The molecule has 0 aliphatic heterocycles. The van der Waals surface area contributed by atoms with Crippen molar-refractivity contribution in [1.82, 2.24) is 15.6 Å². The van der Waals surface area contributed by atoms with Crippen molar-refractivity contribution >= 4 is 63.7 Å². The zero-order valence-corrected chi connectivity index (χ0v) is 20.6. The van der Waals surface area contributed by atoms with Gasteiger partial charge in [-0.05, 0) is 34.0 Å².